The van der Waals surface area contributed by atoms with E-state index in [0.717, 1.165) is 22.9 Å². The fourth-order valence-corrected chi connectivity index (χ4v) is 2.57. The quantitative estimate of drug-likeness (QED) is 0.886. The smallest absolute Gasteiger partial charge is 0.161 e. The van der Waals surface area contributed by atoms with Crippen LogP contribution in [0, 0.1) is 0 Å². The predicted octanol–water partition coefficient (Wildman–Crippen LogP) is 3.63. The first kappa shape index (κ1) is 15.9. The number of likely N-dealkylation sites (N-methyl/N-ethyl adjacent to an activating group) is 1. The van der Waals surface area contributed by atoms with Crippen LogP contribution in [0.15, 0.2) is 30.5 Å². The first-order valence-corrected chi connectivity index (χ1v) is 7.47. The molecule has 114 valence electrons. The van der Waals surface area contributed by atoms with Gasteiger partial charge in [0, 0.05) is 11.1 Å². The summed E-state index contributed by atoms with van der Waals surface area (Å²) in [6.07, 6.45) is 2.63. The largest absolute Gasteiger partial charge is 0.493 e. The first-order chi connectivity index (χ1) is 10.1. The molecular weight excluding hydrogens is 286 g/mol. The molecule has 1 atom stereocenters. The number of benzene rings is 1. The highest BCUT2D eigenvalue weighted by Gasteiger charge is 2.22. The lowest BCUT2D eigenvalue weighted by Gasteiger charge is -2.21. The van der Waals surface area contributed by atoms with Gasteiger partial charge in [-0.05, 0) is 45.0 Å². The Morgan fingerprint density at radius 1 is 1.29 bits per heavy atom. The molecule has 0 spiro atoms. The Kier molecular flexibility index (Phi) is 5.26. The van der Waals surface area contributed by atoms with Crippen LogP contribution in [-0.2, 0) is 6.42 Å². The van der Waals surface area contributed by atoms with Gasteiger partial charge in [0.05, 0.1) is 25.0 Å². The van der Waals surface area contributed by atoms with E-state index in [9.17, 15) is 0 Å². The first-order valence-electron chi connectivity index (χ1n) is 7.10. The number of ether oxygens (including phenoxy) is 1. The number of rotatable bonds is 6. The summed E-state index contributed by atoms with van der Waals surface area (Å²) in [6.45, 7) is 4.23. The lowest BCUT2D eigenvalue weighted by atomic mass is 10.0. The molecule has 1 heterocycles. The van der Waals surface area contributed by atoms with Gasteiger partial charge in [0.15, 0.2) is 5.75 Å². The highest BCUT2D eigenvalue weighted by atomic mass is 35.5. The number of nitrogens with zero attached hydrogens (tertiary/aromatic N) is 2. The van der Waals surface area contributed by atoms with Crippen LogP contribution < -0.4 is 10.1 Å². The molecule has 0 aliphatic carbocycles. The summed E-state index contributed by atoms with van der Waals surface area (Å²) in [4.78, 5) is 0. The van der Waals surface area contributed by atoms with Gasteiger partial charge in [0.1, 0.15) is 0 Å². The second kappa shape index (κ2) is 6.96. The van der Waals surface area contributed by atoms with E-state index in [0.29, 0.717) is 0 Å². The van der Waals surface area contributed by atoms with Crippen LogP contribution in [0.25, 0.3) is 0 Å². The van der Waals surface area contributed by atoms with Crippen LogP contribution in [0.4, 0.5) is 0 Å². The van der Waals surface area contributed by atoms with Crippen LogP contribution in [0.3, 0.4) is 0 Å². The normalized spacial score (nSPS) is 12.7. The molecule has 0 aliphatic heterocycles. The fraction of sp³-hybridized carbons (Fsp3) is 0.438. The van der Waals surface area contributed by atoms with Crippen molar-refractivity contribution in [2.45, 2.75) is 32.4 Å². The number of hydrogen-bond donors (Lipinski definition) is 1. The summed E-state index contributed by atoms with van der Waals surface area (Å²) in [5.74, 6) is 0.817. The minimum atomic E-state index is 0.131. The summed E-state index contributed by atoms with van der Waals surface area (Å²) in [5, 5.41) is 8.56. The zero-order valence-electron chi connectivity index (χ0n) is 12.9. The van der Waals surface area contributed by atoms with Crippen LogP contribution in [0.5, 0.6) is 5.75 Å². The van der Waals surface area contributed by atoms with Crippen LogP contribution in [0.2, 0.25) is 5.02 Å². The molecule has 0 saturated heterocycles. The Labute approximate surface area is 131 Å². The fourth-order valence-electron chi connectivity index (χ4n) is 2.45. The van der Waals surface area contributed by atoms with Crippen LogP contribution >= 0.6 is 11.6 Å². The summed E-state index contributed by atoms with van der Waals surface area (Å²) in [6, 6.07) is 8.35. The molecule has 2 rings (SSSR count). The number of halogens is 1. The van der Waals surface area contributed by atoms with E-state index in [2.05, 4.69) is 36.4 Å². The zero-order chi connectivity index (χ0) is 15.4. The lowest BCUT2D eigenvalue weighted by Crippen LogP contribution is -2.24. The van der Waals surface area contributed by atoms with Crippen LogP contribution in [0.1, 0.15) is 37.2 Å². The Morgan fingerprint density at radius 3 is 2.48 bits per heavy atom. The molecule has 0 bridgehead atoms. The maximum Gasteiger partial charge on any atom is 0.161 e. The van der Waals surface area contributed by atoms with E-state index >= 15 is 0 Å². The number of methoxy groups -OCH3 is 1. The Bertz CT molecular complexity index is 578. The highest BCUT2D eigenvalue weighted by molar-refractivity contribution is 6.30. The Hall–Kier alpha value is -1.52. The van der Waals surface area contributed by atoms with E-state index in [1.54, 1.807) is 13.3 Å². The van der Waals surface area contributed by atoms with Crippen molar-refractivity contribution in [3.8, 4) is 5.75 Å². The molecule has 5 heteroatoms. The van der Waals surface area contributed by atoms with Gasteiger partial charge < -0.3 is 10.1 Å². The van der Waals surface area contributed by atoms with E-state index in [4.69, 9.17) is 16.3 Å². The molecule has 1 aromatic heterocycles. The van der Waals surface area contributed by atoms with E-state index in [1.165, 1.54) is 5.56 Å². The topological polar surface area (TPSA) is 39.1 Å². The van der Waals surface area contributed by atoms with E-state index in [-0.39, 0.29) is 12.1 Å². The molecule has 2 aromatic rings. The van der Waals surface area contributed by atoms with Crippen molar-refractivity contribution in [2.75, 3.05) is 14.2 Å². The molecule has 0 saturated carbocycles. The average Bonchev–Trinajstić information content (AvgIpc) is 2.90. The van der Waals surface area contributed by atoms with Gasteiger partial charge in [0.25, 0.3) is 0 Å². The number of aromatic nitrogens is 2. The van der Waals surface area contributed by atoms with Crippen molar-refractivity contribution in [3.05, 3.63) is 46.7 Å². The van der Waals surface area contributed by atoms with Gasteiger partial charge >= 0.3 is 0 Å². The third kappa shape index (κ3) is 3.57. The van der Waals surface area contributed by atoms with Gasteiger partial charge in [-0.1, -0.05) is 23.7 Å². The van der Waals surface area contributed by atoms with Gasteiger partial charge in [-0.2, -0.15) is 5.10 Å². The molecular formula is C16H22ClN3O. The monoisotopic (exact) mass is 307 g/mol. The molecule has 0 aliphatic rings. The standard InChI is InChI=1S/C16H22ClN3O/c1-11(2)20-16(15(21-4)10-19-20)14(18-3)9-12-5-7-13(17)8-6-12/h5-8,10-11,14,18H,9H2,1-4H3. The molecule has 0 amide bonds. The van der Waals surface area contributed by atoms with Crippen molar-refractivity contribution < 1.29 is 4.74 Å². The second-order valence-corrected chi connectivity index (χ2v) is 5.74. The molecule has 21 heavy (non-hydrogen) atoms. The minimum absolute atomic E-state index is 0.131. The van der Waals surface area contributed by atoms with Gasteiger partial charge in [-0.3, -0.25) is 4.68 Å². The van der Waals surface area contributed by atoms with Crippen molar-refractivity contribution in [1.29, 1.82) is 0 Å². The average molecular weight is 308 g/mol. The number of nitrogens with one attached hydrogen (secondary N) is 1. The maximum absolute atomic E-state index is 5.95. The van der Waals surface area contributed by atoms with Crippen molar-refractivity contribution >= 4 is 11.6 Å². The van der Waals surface area contributed by atoms with Crippen molar-refractivity contribution in [1.82, 2.24) is 15.1 Å². The summed E-state index contributed by atoms with van der Waals surface area (Å²) in [5.41, 5.74) is 2.29. The highest BCUT2D eigenvalue weighted by Crippen LogP contribution is 2.29. The number of hydrogen-bond acceptors (Lipinski definition) is 3. The molecule has 1 N–H and O–H groups in total. The van der Waals surface area contributed by atoms with E-state index < -0.39 is 0 Å². The van der Waals surface area contributed by atoms with E-state index in [1.807, 2.05) is 23.9 Å². The molecule has 1 unspecified atom stereocenters. The summed E-state index contributed by atoms with van der Waals surface area (Å²) in [7, 11) is 3.64. The summed E-state index contributed by atoms with van der Waals surface area (Å²) >= 11 is 5.95. The van der Waals surface area contributed by atoms with Crippen LogP contribution in [-0.4, -0.2) is 23.9 Å². The Morgan fingerprint density at radius 2 is 1.95 bits per heavy atom. The van der Waals surface area contributed by atoms with Crippen molar-refractivity contribution in [3.63, 3.8) is 0 Å². The van der Waals surface area contributed by atoms with Gasteiger partial charge in [-0.25, -0.2) is 0 Å². The van der Waals surface area contributed by atoms with Gasteiger partial charge in [0.2, 0.25) is 0 Å². The molecule has 4 nitrogen and oxygen atoms in total. The third-order valence-electron chi connectivity index (χ3n) is 3.54. The second-order valence-electron chi connectivity index (χ2n) is 5.31. The summed E-state index contributed by atoms with van der Waals surface area (Å²) < 4.78 is 7.48. The Balaban J connectivity index is 2.32. The lowest BCUT2D eigenvalue weighted by molar-refractivity contribution is 0.388. The van der Waals surface area contributed by atoms with Crippen molar-refractivity contribution in [2.24, 2.45) is 0 Å². The minimum Gasteiger partial charge on any atom is -0.493 e. The molecule has 1 aromatic carbocycles. The maximum atomic E-state index is 5.95. The zero-order valence-corrected chi connectivity index (χ0v) is 13.7. The SMILES string of the molecule is CNC(Cc1ccc(Cl)cc1)c1c(OC)cnn1C(C)C. The predicted molar refractivity (Wildman–Crippen MR) is 86.1 cm³/mol. The van der Waals surface area contributed by atoms with Gasteiger partial charge in [-0.15, -0.1) is 0 Å². The third-order valence-corrected chi connectivity index (χ3v) is 3.79. The molecule has 0 radical (unpaired) electrons. The molecule has 0 fully saturated rings.